The molecule has 5 aromatic rings. The molecule has 10 atom stereocenters. The Balaban J connectivity index is 0.796. The number of thioether (sulfide) groups is 2. The maximum atomic E-state index is 14.6. The standard InChI is InChI=1S/C67H84N8O6S2/c1-41-38-67(2)31-28-42(34-52(67)45-21-25-47(26-22-45)56-40-69-61(71-56)59-36-49-12-8-7-9-14-57(49)74(59)63(76)53(29-32-82-5)72-65(78)80-3)16-17-43-20-27-48(41)35-51(43)44-18-23-46(24-19-44)55-39-68-62(70-55)60-37-50-13-10-11-15-58(50)75(60)64(77)54(30-33-83-6)73-66(79)81-4/h18-28,34-35,39-41,49-50,53-54,57-60H,7-17,29-33,36-38H2,1-6H3,(H,68,70)(H,69,71)(H,72,78)(H,73,79)/t41-,49+,50+,53+,54+,57?,58+,59+,60+,67-/m1/s1. The molecule has 4 amide bonds. The Morgan fingerprint density at radius 3 is 1.72 bits per heavy atom. The molecule has 14 rings (SSSR count). The van der Waals surface area contributed by atoms with Crippen LogP contribution in [0.5, 0.6) is 0 Å². The van der Waals surface area contributed by atoms with E-state index in [9.17, 15) is 19.2 Å². The second-order valence-corrected chi connectivity index (χ2v) is 26.6. The zero-order valence-corrected chi connectivity index (χ0v) is 51.0. The first-order chi connectivity index (χ1) is 40.4. The number of fused-ring (bicyclic) bond motifs is 2. The van der Waals surface area contributed by atoms with Crippen molar-refractivity contribution in [2.75, 3.05) is 38.2 Å². The van der Waals surface area contributed by atoms with Crippen LogP contribution in [0.2, 0.25) is 0 Å². The molecular formula is C67H84N8O6S2. The average Bonchev–Trinajstić information content (AvgIpc) is 4.22. The number of ether oxygens (including phenoxy) is 2. The van der Waals surface area contributed by atoms with E-state index in [1.807, 2.05) is 24.9 Å². The van der Waals surface area contributed by atoms with E-state index in [1.165, 1.54) is 72.4 Å². The summed E-state index contributed by atoms with van der Waals surface area (Å²) in [6.07, 6.45) is 28.1. The summed E-state index contributed by atoms with van der Waals surface area (Å²) in [5, 5.41) is 5.73. The van der Waals surface area contributed by atoms with Gasteiger partial charge in [-0.15, -0.1) is 0 Å². The molecule has 1 unspecified atom stereocenters. The number of rotatable bonds is 16. The smallest absolute Gasteiger partial charge is 0.407 e. The second-order valence-electron chi connectivity index (χ2n) is 24.7. The third-order valence-corrected chi connectivity index (χ3v) is 20.8. The number of imidazole rings is 2. The fraction of sp³-hybridized carbons (Fsp3) is 0.522. The number of nitrogens with zero attached hydrogens (tertiary/aromatic N) is 4. The minimum absolute atomic E-state index is 0.0428. The van der Waals surface area contributed by atoms with Crippen molar-refractivity contribution in [1.29, 1.82) is 0 Å². The number of hydrogen-bond donors (Lipinski definition) is 4. The molecule has 0 spiro atoms. The van der Waals surface area contributed by atoms with Gasteiger partial charge in [0.1, 0.15) is 23.7 Å². The van der Waals surface area contributed by atoms with E-state index in [0.717, 1.165) is 123 Å². The normalized spacial score (nSPS) is 25.6. The Bertz CT molecular complexity index is 3190. The highest BCUT2D eigenvalue weighted by atomic mass is 32.2. The second kappa shape index (κ2) is 25.9. The van der Waals surface area contributed by atoms with E-state index in [1.54, 1.807) is 23.5 Å². The molecule has 16 heteroatoms. The lowest BCUT2D eigenvalue weighted by Gasteiger charge is -2.38. The molecule has 2 aliphatic heterocycles. The van der Waals surface area contributed by atoms with Crippen LogP contribution in [0.4, 0.5) is 9.59 Å². The summed E-state index contributed by atoms with van der Waals surface area (Å²) in [5.41, 5.74) is 13.0. The van der Waals surface area contributed by atoms with Gasteiger partial charge in [-0.05, 0) is 169 Å². The summed E-state index contributed by atoms with van der Waals surface area (Å²) >= 11 is 3.33. The minimum Gasteiger partial charge on any atom is -0.453 e. The summed E-state index contributed by atoms with van der Waals surface area (Å²) in [7, 11) is 2.69. The predicted molar refractivity (Wildman–Crippen MR) is 333 cm³/mol. The molecule has 3 aromatic carbocycles. The van der Waals surface area contributed by atoms with Crippen molar-refractivity contribution in [3.8, 4) is 33.6 Å². The number of nitrogens with one attached hydrogen (secondary N) is 4. The van der Waals surface area contributed by atoms with Crippen LogP contribution in [0.25, 0.3) is 39.2 Å². The van der Waals surface area contributed by atoms with E-state index < -0.39 is 24.3 Å². The van der Waals surface area contributed by atoms with Crippen LogP contribution in [0, 0.1) is 17.3 Å². The Kier molecular flexibility index (Phi) is 18.3. The number of allylic oxidation sites excluding steroid dienone is 4. The highest BCUT2D eigenvalue weighted by Crippen LogP contribution is 2.51. The van der Waals surface area contributed by atoms with Crippen molar-refractivity contribution < 1.29 is 28.7 Å². The van der Waals surface area contributed by atoms with Crippen molar-refractivity contribution in [3.05, 3.63) is 125 Å². The first-order valence-corrected chi connectivity index (χ1v) is 33.3. The lowest BCUT2D eigenvalue weighted by Crippen LogP contribution is -2.52. The van der Waals surface area contributed by atoms with Gasteiger partial charge in [0.25, 0.3) is 0 Å². The molecular weight excluding hydrogens is 1080 g/mol. The van der Waals surface area contributed by atoms with Crippen molar-refractivity contribution in [2.24, 2.45) is 17.3 Å². The maximum absolute atomic E-state index is 14.6. The maximum Gasteiger partial charge on any atom is 0.407 e. The molecule has 4 fully saturated rings. The molecule has 2 aromatic heterocycles. The van der Waals surface area contributed by atoms with Crippen molar-refractivity contribution in [1.82, 2.24) is 40.4 Å². The van der Waals surface area contributed by atoms with Crippen molar-refractivity contribution in [3.63, 3.8) is 0 Å². The molecule has 4 bridgehead atoms. The monoisotopic (exact) mass is 1160 g/mol. The van der Waals surface area contributed by atoms with Crippen LogP contribution >= 0.6 is 23.5 Å². The van der Waals surface area contributed by atoms with Gasteiger partial charge in [-0.3, -0.25) is 9.59 Å². The predicted octanol–water partition coefficient (Wildman–Crippen LogP) is 14.0. The number of methoxy groups -OCH3 is 2. The first-order valence-electron chi connectivity index (χ1n) is 30.5. The van der Waals surface area contributed by atoms with E-state index in [0.29, 0.717) is 30.6 Å². The fourth-order valence-electron chi connectivity index (χ4n) is 15.1. The Labute approximate surface area is 499 Å². The van der Waals surface area contributed by atoms with Crippen molar-refractivity contribution in [2.45, 2.75) is 165 Å². The van der Waals surface area contributed by atoms with Crippen LogP contribution in [0.15, 0.2) is 96.8 Å². The van der Waals surface area contributed by atoms with Gasteiger partial charge in [0.15, 0.2) is 0 Å². The summed E-state index contributed by atoms with van der Waals surface area (Å²) in [6.45, 7) is 4.83. The highest BCUT2D eigenvalue weighted by molar-refractivity contribution is 7.98. The van der Waals surface area contributed by atoms with Crippen LogP contribution < -0.4 is 10.6 Å². The Hall–Kier alpha value is -6.26. The van der Waals surface area contributed by atoms with Crippen LogP contribution in [0.1, 0.15) is 163 Å². The fourth-order valence-corrected chi connectivity index (χ4v) is 16.0. The lowest BCUT2D eigenvalue weighted by atomic mass is 9.66. The number of aryl methyl sites for hydroxylation is 1. The molecule has 7 aliphatic carbocycles. The lowest BCUT2D eigenvalue weighted by molar-refractivity contribution is -0.138. The summed E-state index contributed by atoms with van der Waals surface area (Å²) in [6, 6.07) is 23.6. The molecule has 0 radical (unpaired) electrons. The number of carbonyl (C=O) groups is 4. The average molecular weight is 1160 g/mol. The number of aromatic nitrogens is 4. The van der Waals surface area contributed by atoms with Crippen molar-refractivity contribution >= 4 is 53.1 Å². The first kappa shape index (κ1) is 58.5. The molecule has 440 valence electrons. The molecule has 9 aliphatic rings. The summed E-state index contributed by atoms with van der Waals surface area (Å²) in [4.78, 5) is 75.5. The quantitative estimate of drug-likeness (QED) is 0.0744. The van der Waals surface area contributed by atoms with Gasteiger partial charge in [-0.1, -0.05) is 130 Å². The Morgan fingerprint density at radius 1 is 0.675 bits per heavy atom. The largest absolute Gasteiger partial charge is 0.453 e. The molecule has 4 N–H and O–H groups in total. The number of aromatic amines is 2. The van der Waals surface area contributed by atoms with Gasteiger partial charge in [0.05, 0.1) is 50.1 Å². The van der Waals surface area contributed by atoms with Crippen LogP contribution in [-0.4, -0.2) is 116 Å². The van der Waals surface area contributed by atoms with E-state index in [4.69, 9.17) is 19.4 Å². The van der Waals surface area contributed by atoms with Gasteiger partial charge >= 0.3 is 12.2 Å². The van der Waals surface area contributed by atoms with Gasteiger partial charge < -0.3 is 39.9 Å². The number of carbonyl (C=O) groups excluding carboxylic acids is 4. The number of likely N-dealkylation sites (tertiary alicyclic amines) is 2. The zero-order chi connectivity index (χ0) is 57.8. The zero-order valence-electron chi connectivity index (χ0n) is 49.3. The molecule has 2 saturated heterocycles. The van der Waals surface area contributed by atoms with Gasteiger partial charge in [-0.2, -0.15) is 23.5 Å². The number of alkyl carbamates (subject to hydrolysis) is 2. The van der Waals surface area contributed by atoms with E-state index in [-0.39, 0.29) is 41.4 Å². The van der Waals surface area contributed by atoms with Crippen LogP contribution in [0.3, 0.4) is 0 Å². The molecule has 4 heterocycles. The van der Waals surface area contributed by atoms with E-state index >= 15 is 0 Å². The number of benzene rings is 3. The topological polar surface area (TPSA) is 175 Å². The minimum atomic E-state index is -0.661. The molecule has 83 heavy (non-hydrogen) atoms. The Morgan fingerprint density at radius 2 is 1.18 bits per heavy atom. The molecule has 2 saturated carbocycles. The highest BCUT2D eigenvalue weighted by Gasteiger charge is 2.49. The number of amides is 4. The third-order valence-electron chi connectivity index (χ3n) is 19.5. The van der Waals surface area contributed by atoms with E-state index in [2.05, 4.69) is 123 Å². The number of hydrogen-bond acceptors (Lipinski definition) is 10. The third kappa shape index (κ3) is 12.5. The van der Waals surface area contributed by atoms with Gasteiger partial charge in [-0.25, -0.2) is 19.6 Å². The molecule has 14 nitrogen and oxygen atoms in total. The number of H-pyrrole nitrogens is 2. The van der Waals surface area contributed by atoms with Gasteiger partial charge in [0.2, 0.25) is 11.8 Å². The SMILES string of the molecule is COC(=O)N[C@@H](CCSC)C(=O)N1C2CCCCC[C@H]2C[C@H]1c1ncc(-c2ccc(C3=CC4=CC[C@]3(C)C[C@@H](C)c3ccc(c(-c5ccc(-c6cnc([C@@H]7C[C@@H]8CCCC[C@@H]8N7C(=O)[C@H](CCSC)NC(=O)OC)[nH]6)cc5)c3)CC4)cc2)[nH]1. The summed E-state index contributed by atoms with van der Waals surface area (Å²) in [5.74, 6) is 4.11. The van der Waals surface area contributed by atoms with Crippen LogP contribution in [-0.2, 0) is 25.5 Å². The summed E-state index contributed by atoms with van der Waals surface area (Å²) < 4.78 is 9.92. The van der Waals surface area contributed by atoms with Gasteiger partial charge in [0, 0.05) is 12.1 Å².